The molecular formula is C14H29N3O2. The lowest BCUT2D eigenvalue weighted by Gasteiger charge is -2.46. The third kappa shape index (κ3) is 4.16. The predicted molar refractivity (Wildman–Crippen MR) is 77.5 cm³/mol. The minimum absolute atomic E-state index is 0.163. The summed E-state index contributed by atoms with van der Waals surface area (Å²) < 4.78 is 0. The number of nitrogens with zero attached hydrogens (tertiary/aromatic N) is 2. The maximum Gasteiger partial charge on any atom is 0.323 e. The molecule has 0 aromatic rings. The molecule has 0 saturated carbocycles. The summed E-state index contributed by atoms with van der Waals surface area (Å²) in [6.07, 6.45) is 0.635. The Hall–Kier alpha value is -0.650. The van der Waals surface area contributed by atoms with Crippen LogP contribution >= 0.6 is 0 Å². The predicted octanol–water partition coefficient (Wildman–Crippen LogP) is 0.855. The van der Waals surface area contributed by atoms with E-state index in [1.807, 2.05) is 6.92 Å². The molecule has 1 aliphatic heterocycles. The molecule has 1 fully saturated rings. The number of aliphatic carboxylic acids is 1. The van der Waals surface area contributed by atoms with E-state index in [1.54, 1.807) is 6.92 Å². The van der Waals surface area contributed by atoms with Crippen molar-refractivity contribution in [3.05, 3.63) is 0 Å². The van der Waals surface area contributed by atoms with Gasteiger partial charge in [-0.1, -0.05) is 6.92 Å². The van der Waals surface area contributed by atoms with Crippen molar-refractivity contribution in [2.45, 2.75) is 45.2 Å². The van der Waals surface area contributed by atoms with Crippen LogP contribution in [-0.4, -0.2) is 71.7 Å². The van der Waals surface area contributed by atoms with Gasteiger partial charge < -0.3 is 15.3 Å². The quantitative estimate of drug-likeness (QED) is 0.750. The summed E-state index contributed by atoms with van der Waals surface area (Å²) in [5.74, 6) is -0.761. The topological polar surface area (TPSA) is 55.8 Å². The molecule has 0 spiro atoms. The first-order valence-corrected chi connectivity index (χ1v) is 7.13. The van der Waals surface area contributed by atoms with Crippen molar-refractivity contribution in [2.75, 3.05) is 39.8 Å². The first-order chi connectivity index (χ1) is 8.71. The molecule has 1 heterocycles. The Morgan fingerprint density at radius 2 is 2.05 bits per heavy atom. The number of piperazine rings is 1. The van der Waals surface area contributed by atoms with E-state index in [0.717, 1.165) is 26.2 Å². The molecule has 2 N–H and O–H groups in total. The van der Waals surface area contributed by atoms with Crippen molar-refractivity contribution in [1.82, 2.24) is 15.1 Å². The van der Waals surface area contributed by atoms with E-state index >= 15 is 0 Å². The second-order valence-corrected chi connectivity index (χ2v) is 6.43. The molecule has 0 bridgehead atoms. The molecule has 1 unspecified atom stereocenters. The minimum atomic E-state index is -0.817. The van der Waals surface area contributed by atoms with E-state index < -0.39 is 11.5 Å². The van der Waals surface area contributed by atoms with Gasteiger partial charge in [0.15, 0.2) is 0 Å². The Balaban J connectivity index is 2.54. The molecule has 0 aliphatic carbocycles. The Kier molecular flexibility index (Phi) is 5.35. The van der Waals surface area contributed by atoms with Crippen LogP contribution in [0.1, 0.15) is 34.1 Å². The normalized spacial score (nSPS) is 24.1. The molecule has 5 nitrogen and oxygen atoms in total. The van der Waals surface area contributed by atoms with E-state index in [-0.39, 0.29) is 5.54 Å². The van der Waals surface area contributed by atoms with Crippen molar-refractivity contribution in [1.29, 1.82) is 0 Å². The smallest absolute Gasteiger partial charge is 0.323 e. The molecule has 0 amide bonds. The zero-order valence-electron chi connectivity index (χ0n) is 13.0. The van der Waals surface area contributed by atoms with Crippen molar-refractivity contribution >= 4 is 5.97 Å². The summed E-state index contributed by atoms with van der Waals surface area (Å²) in [5, 5.41) is 12.4. The Labute approximate surface area is 117 Å². The number of carboxylic acids is 1. The SMILES string of the molecule is CCNC(C)(CCN1CCN(C)C(C)(C)C1)C(=O)O. The Morgan fingerprint density at radius 3 is 2.53 bits per heavy atom. The van der Waals surface area contributed by atoms with Crippen LogP contribution in [0.25, 0.3) is 0 Å². The number of hydrogen-bond donors (Lipinski definition) is 2. The van der Waals surface area contributed by atoms with Crippen LogP contribution in [0.4, 0.5) is 0 Å². The zero-order chi connectivity index (χ0) is 14.7. The lowest BCUT2D eigenvalue weighted by molar-refractivity contribution is -0.144. The van der Waals surface area contributed by atoms with Crippen molar-refractivity contribution in [3.8, 4) is 0 Å². The average molecular weight is 271 g/mol. The molecular weight excluding hydrogens is 242 g/mol. The lowest BCUT2D eigenvalue weighted by Crippen LogP contribution is -2.59. The van der Waals surface area contributed by atoms with E-state index in [1.165, 1.54) is 0 Å². The zero-order valence-corrected chi connectivity index (χ0v) is 13.0. The first-order valence-electron chi connectivity index (χ1n) is 7.13. The highest BCUT2D eigenvalue weighted by atomic mass is 16.4. The molecule has 0 aromatic carbocycles. The summed E-state index contributed by atoms with van der Waals surface area (Å²) in [4.78, 5) is 16.1. The van der Waals surface area contributed by atoms with Crippen molar-refractivity contribution < 1.29 is 9.90 Å². The van der Waals surface area contributed by atoms with Crippen LogP contribution in [0, 0.1) is 0 Å². The van der Waals surface area contributed by atoms with Crippen LogP contribution in [0.15, 0.2) is 0 Å². The Morgan fingerprint density at radius 1 is 1.42 bits per heavy atom. The summed E-state index contributed by atoms with van der Waals surface area (Å²) in [5.41, 5.74) is -0.654. The molecule has 1 atom stereocenters. The number of carbonyl (C=O) groups is 1. The largest absolute Gasteiger partial charge is 0.480 e. The highest BCUT2D eigenvalue weighted by Crippen LogP contribution is 2.20. The first kappa shape index (κ1) is 16.4. The van der Waals surface area contributed by atoms with Crippen molar-refractivity contribution in [3.63, 3.8) is 0 Å². The lowest BCUT2D eigenvalue weighted by atomic mass is 9.95. The molecule has 112 valence electrons. The van der Waals surface area contributed by atoms with Gasteiger partial charge in [-0.2, -0.15) is 0 Å². The summed E-state index contributed by atoms with van der Waals surface area (Å²) in [7, 11) is 2.15. The maximum atomic E-state index is 11.4. The van der Waals surface area contributed by atoms with Gasteiger partial charge in [0, 0.05) is 31.7 Å². The van der Waals surface area contributed by atoms with Crippen LogP contribution in [0.2, 0.25) is 0 Å². The minimum Gasteiger partial charge on any atom is -0.480 e. The van der Waals surface area contributed by atoms with Gasteiger partial charge in [0.2, 0.25) is 0 Å². The summed E-state index contributed by atoms with van der Waals surface area (Å²) >= 11 is 0. The van der Waals surface area contributed by atoms with Gasteiger partial charge in [0.05, 0.1) is 0 Å². The third-order valence-corrected chi connectivity index (χ3v) is 4.36. The van der Waals surface area contributed by atoms with Gasteiger partial charge >= 0.3 is 5.97 Å². The number of nitrogens with one attached hydrogen (secondary N) is 1. The van der Waals surface area contributed by atoms with Gasteiger partial charge in [0.1, 0.15) is 5.54 Å². The molecule has 0 aromatic heterocycles. The number of likely N-dealkylation sites (N-methyl/N-ethyl adjacent to an activating group) is 2. The van der Waals surface area contributed by atoms with Crippen LogP contribution in [0.3, 0.4) is 0 Å². The molecule has 1 rings (SSSR count). The molecule has 0 radical (unpaired) electrons. The fourth-order valence-corrected chi connectivity index (χ4v) is 2.57. The maximum absolute atomic E-state index is 11.4. The van der Waals surface area contributed by atoms with Gasteiger partial charge in [-0.15, -0.1) is 0 Å². The molecule has 1 aliphatic rings. The third-order valence-electron chi connectivity index (χ3n) is 4.36. The standard InChI is InChI=1S/C14H29N3O2/c1-6-15-14(4,12(18)19)7-8-17-10-9-16(5)13(2,3)11-17/h15H,6-11H2,1-5H3,(H,18,19). The highest BCUT2D eigenvalue weighted by Gasteiger charge is 2.35. The summed E-state index contributed by atoms with van der Waals surface area (Å²) in [6.45, 7) is 12.7. The van der Waals surface area contributed by atoms with E-state index in [2.05, 4.69) is 36.0 Å². The van der Waals surface area contributed by atoms with E-state index in [0.29, 0.717) is 13.0 Å². The fourth-order valence-electron chi connectivity index (χ4n) is 2.57. The second kappa shape index (κ2) is 6.20. The van der Waals surface area contributed by atoms with Gasteiger partial charge in [-0.25, -0.2) is 0 Å². The second-order valence-electron chi connectivity index (χ2n) is 6.43. The Bertz CT molecular complexity index is 320. The van der Waals surface area contributed by atoms with Crippen LogP contribution in [-0.2, 0) is 4.79 Å². The summed E-state index contributed by atoms with van der Waals surface area (Å²) in [6, 6.07) is 0. The van der Waals surface area contributed by atoms with Crippen LogP contribution in [0.5, 0.6) is 0 Å². The number of rotatable bonds is 6. The molecule has 1 saturated heterocycles. The van der Waals surface area contributed by atoms with Crippen molar-refractivity contribution in [2.24, 2.45) is 0 Å². The van der Waals surface area contributed by atoms with E-state index in [9.17, 15) is 9.90 Å². The molecule has 5 heteroatoms. The number of carboxylic acid groups (broad SMARTS) is 1. The van der Waals surface area contributed by atoms with Gasteiger partial charge in [-0.3, -0.25) is 9.69 Å². The fraction of sp³-hybridized carbons (Fsp3) is 0.929. The van der Waals surface area contributed by atoms with Gasteiger partial charge in [-0.05, 0) is 40.8 Å². The average Bonchev–Trinajstić information content (AvgIpc) is 2.31. The van der Waals surface area contributed by atoms with Gasteiger partial charge in [0.25, 0.3) is 0 Å². The van der Waals surface area contributed by atoms with E-state index in [4.69, 9.17) is 0 Å². The number of hydrogen-bond acceptors (Lipinski definition) is 4. The monoisotopic (exact) mass is 271 g/mol. The highest BCUT2D eigenvalue weighted by molar-refractivity contribution is 5.78. The van der Waals surface area contributed by atoms with Crippen LogP contribution < -0.4 is 5.32 Å². The molecule has 19 heavy (non-hydrogen) atoms.